The summed E-state index contributed by atoms with van der Waals surface area (Å²) < 4.78 is 5.42. The van der Waals surface area contributed by atoms with Gasteiger partial charge < -0.3 is 14.7 Å². The van der Waals surface area contributed by atoms with Gasteiger partial charge >= 0.3 is 5.97 Å². The summed E-state index contributed by atoms with van der Waals surface area (Å²) in [4.78, 5) is 24.9. The smallest absolute Gasteiger partial charge is 0.338 e. The first-order valence-corrected chi connectivity index (χ1v) is 7.15. The molecule has 0 aromatic carbocycles. The topological polar surface area (TPSA) is 66.8 Å². The van der Waals surface area contributed by atoms with E-state index in [1.807, 2.05) is 13.8 Å². The summed E-state index contributed by atoms with van der Waals surface area (Å²) in [5, 5.41) is 9.91. The molecule has 0 saturated heterocycles. The number of carbonyl (C=O) groups is 2. The van der Waals surface area contributed by atoms with E-state index in [0.29, 0.717) is 13.0 Å². The normalized spacial score (nSPS) is 18.6. The third-order valence-electron chi connectivity index (χ3n) is 4.34. The molecular weight excluding hydrogens is 258 g/mol. The standard InChI is InChI=1S/C15H29NO4/c1-8-14(5,10-16(7)12(4)17)11(3)20-13(18)15(6,19)9-2/h11,19H,8-10H2,1-7H3/t11-,14?,15-/m1/s1. The van der Waals surface area contributed by atoms with Crippen molar-refractivity contribution in [2.45, 2.75) is 66.1 Å². The maximum absolute atomic E-state index is 11.9. The Balaban J connectivity index is 4.89. The molecule has 1 amide bonds. The summed E-state index contributed by atoms with van der Waals surface area (Å²) in [6.45, 7) is 11.0. The lowest BCUT2D eigenvalue weighted by Gasteiger charge is -2.38. The van der Waals surface area contributed by atoms with Gasteiger partial charge in [0.2, 0.25) is 5.91 Å². The number of ether oxygens (including phenoxy) is 1. The number of hydrogen-bond donors (Lipinski definition) is 1. The molecule has 0 aliphatic heterocycles. The second-order valence-electron chi connectivity index (χ2n) is 6.06. The van der Waals surface area contributed by atoms with Crippen LogP contribution in [0, 0.1) is 5.41 Å². The summed E-state index contributed by atoms with van der Waals surface area (Å²) in [7, 11) is 1.73. The summed E-state index contributed by atoms with van der Waals surface area (Å²) in [6.07, 6.45) is 0.669. The molecule has 0 spiro atoms. The van der Waals surface area contributed by atoms with E-state index >= 15 is 0 Å². The molecule has 1 N–H and O–H groups in total. The summed E-state index contributed by atoms with van der Waals surface area (Å²) >= 11 is 0. The summed E-state index contributed by atoms with van der Waals surface area (Å²) in [5.41, 5.74) is -1.81. The van der Waals surface area contributed by atoms with Gasteiger partial charge in [-0.2, -0.15) is 0 Å². The fraction of sp³-hybridized carbons (Fsp3) is 0.867. The predicted molar refractivity (Wildman–Crippen MR) is 78.2 cm³/mol. The average Bonchev–Trinajstić information content (AvgIpc) is 2.37. The molecule has 0 aromatic heterocycles. The van der Waals surface area contributed by atoms with Gasteiger partial charge in [0.25, 0.3) is 0 Å². The third-order valence-corrected chi connectivity index (χ3v) is 4.34. The van der Waals surface area contributed by atoms with E-state index in [0.717, 1.165) is 6.42 Å². The van der Waals surface area contributed by atoms with Crippen LogP contribution in [0.1, 0.15) is 54.4 Å². The highest BCUT2D eigenvalue weighted by Gasteiger charge is 2.38. The average molecular weight is 287 g/mol. The van der Waals surface area contributed by atoms with Gasteiger partial charge in [-0.05, 0) is 26.7 Å². The molecule has 0 heterocycles. The fourth-order valence-corrected chi connectivity index (χ4v) is 1.76. The molecule has 0 rings (SSSR count). The van der Waals surface area contributed by atoms with Gasteiger partial charge in [-0.1, -0.05) is 20.8 Å². The highest BCUT2D eigenvalue weighted by atomic mass is 16.6. The maximum atomic E-state index is 11.9. The number of rotatable bonds is 7. The first-order chi connectivity index (χ1) is 9.00. The maximum Gasteiger partial charge on any atom is 0.338 e. The molecule has 0 bridgehead atoms. The molecule has 0 aromatic rings. The first kappa shape index (κ1) is 18.9. The van der Waals surface area contributed by atoms with E-state index < -0.39 is 11.6 Å². The lowest BCUT2D eigenvalue weighted by atomic mass is 9.81. The zero-order chi connectivity index (χ0) is 16.1. The summed E-state index contributed by atoms with van der Waals surface area (Å²) in [6, 6.07) is 0. The molecular formula is C15H29NO4. The van der Waals surface area contributed by atoms with Gasteiger partial charge in [0.05, 0.1) is 0 Å². The van der Waals surface area contributed by atoms with Crippen LogP contribution >= 0.6 is 0 Å². The Labute approximate surface area is 122 Å². The van der Waals surface area contributed by atoms with Crippen molar-refractivity contribution in [3.05, 3.63) is 0 Å². The van der Waals surface area contributed by atoms with Crippen molar-refractivity contribution in [3.8, 4) is 0 Å². The van der Waals surface area contributed by atoms with Gasteiger partial charge in [0, 0.05) is 25.9 Å². The Morgan fingerprint density at radius 3 is 2.10 bits per heavy atom. The third kappa shape index (κ3) is 4.78. The van der Waals surface area contributed by atoms with E-state index in [-0.39, 0.29) is 17.4 Å². The van der Waals surface area contributed by atoms with Crippen LogP contribution in [0.2, 0.25) is 0 Å². The Hall–Kier alpha value is -1.10. The lowest BCUT2D eigenvalue weighted by molar-refractivity contribution is -0.175. The number of nitrogens with zero attached hydrogens (tertiary/aromatic N) is 1. The van der Waals surface area contributed by atoms with E-state index in [2.05, 4.69) is 0 Å². The highest BCUT2D eigenvalue weighted by molar-refractivity contribution is 5.78. The van der Waals surface area contributed by atoms with Crippen LogP contribution in [-0.2, 0) is 14.3 Å². The number of aliphatic hydroxyl groups is 1. The minimum atomic E-state index is -1.46. The Morgan fingerprint density at radius 1 is 1.25 bits per heavy atom. The number of carbonyl (C=O) groups excluding carboxylic acids is 2. The second-order valence-corrected chi connectivity index (χ2v) is 6.06. The van der Waals surface area contributed by atoms with E-state index in [1.165, 1.54) is 13.8 Å². The van der Waals surface area contributed by atoms with Crippen molar-refractivity contribution in [3.63, 3.8) is 0 Å². The fourth-order valence-electron chi connectivity index (χ4n) is 1.76. The molecule has 5 nitrogen and oxygen atoms in total. The summed E-state index contributed by atoms with van der Waals surface area (Å²) in [5.74, 6) is -0.638. The number of esters is 1. The zero-order valence-corrected chi connectivity index (χ0v) is 13.8. The van der Waals surface area contributed by atoms with Crippen LogP contribution in [0.4, 0.5) is 0 Å². The Morgan fingerprint density at radius 2 is 1.75 bits per heavy atom. The van der Waals surface area contributed by atoms with Crippen molar-refractivity contribution >= 4 is 11.9 Å². The molecule has 0 fully saturated rings. The minimum absolute atomic E-state index is 0.0243. The molecule has 0 aliphatic carbocycles. The molecule has 0 radical (unpaired) electrons. The molecule has 118 valence electrons. The van der Waals surface area contributed by atoms with E-state index in [1.54, 1.807) is 25.8 Å². The van der Waals surface area contributed by atoms with Gasteiger partial charge in [-0.15, -0.1) is 0 Å². The van der Waals surface area contributed by atoms with Crippen LogP contribution in [0.3, 0.4) is 0 Å². The predicted octanol–water partition coefficient (Wildman–Crippen LogP) is 1.97. The van der Waals surface area contributed by atoms with Crippen LogP contribution < -0.4 is 0 Å². The number of hydrogen-bond acceptors (Lipinski definition) is 4. The van der Waals surface area contributed by atoms with Crippen molar-refractivity contribution in [1.82, 2.24) is 4.90 Å². The van der Waals surface area contributed by atoms with Crippen LogP contribution in [0.15, 0.2) is 0 Å². The molecule has 0 aliphatic rings. The van der Waals surface area contributed by atoms with E-state index in [9.17, 15) is 14.7 Å². The lowest BCUT2D eigenvalue weighted by Crippen LogP contribution is -2.47. The van der Waals surface area contributed by atoms with Crippen molar-refractivity contribution in [2.75, 3.05) is 13.6 Å². The second kappa shape index (κ2) is 7.07. The highest BCUT2D eigenvalue weighted by Crippen LogP contribution is 2.30. The molecule has 0 saturated carbocycles. The van der Waals surface area contributed by atoms with Gasteiger partial charge in [-0.25, -0.2) is 4.79 Å². The Bertz CT molecular complexity index is 354. The largest absolute Gasteiger partial charge is 0.460 e. The van der Waals surface area contributed by atoms with E-state index in [4.69, 9.17) is 4.74 Å². The molecule has 20 heavy (non-hydrogen) atoms. The van der Waals surface area contributed by atoms with Crippen LogP contribution in [0.25, 0.3) is 0 Å². The van der Waals surface area contributed by atoms with Crippen LogP contribution in [-0.4, -0.2) is 47.2 Å². The van der Waals surface area contributed by atoms with Crippen molar-refractivity contribution < 1.29 is 19.4 Å². The SMILES string of the molecule is CCC(C)(CN(C)C(C)=O)[C@@H](C)OC(=O)[C@](C)(O)CC. The zero-order valence-electron chi connectivity index (χ0n) is 13.8. The molecule has 5 heteroatoms. The van der Waals surface area contributed by atoms with Gasteiger partial charge in [-0.3, -0.25) is 4.79 Å². The number of amides is 1. The monoisotopic (exact) mass is 287 g/mol. The first-order valence-electron chi connectivity index (χ1n) is 7.15. The van der Waals surface area contributed by atoms with Crippen LogP contribution in [0.5, 0.6) is 0 Å². The van der Waals surface area contributed by atoms with Crippen molar-refractivity contribution in [1.29, 1.82) is 0 Å². The Kier molecular flexibility index (Phi) is 6.68. The quantitative estimate of drug-likeness (QED) is 0.727. The van der Waals surface area contributed by atoms with Gasteiger partial charge in [0.15, 0.2) is 5.60 Å². The molecule has 3 atom stereocenters. The molecule has 1 unspecified atom stereocenters. The minimum Gasteiger partial charge on any atom is -0.460 e. The van der Waals surface area contributed by atoms with Gasteiger partial charge in [0.1, 0.15) is 6.10 Å². The van der Waals surface area contributed by atoms with Crippen molar-refractivity contribution in [2.24, 2.45) is 5.41 Å².